The van der Waals surface area contributed by atoms with Crippen molar-refractivity contribution >= 4 is 38.8 Å². The third-order valence-corrected chi connectivity index (χ3v) is 3.37. The Labute approximate surface area is 93.1 Å². The Morgan fingerprint density at radius 2 is 2.00 bits per heavy atom. The van der Waals surface area contributed by atoms with E-state index >= 15 is 0 Å². The maximum Gasteiger partial charge on any atom is 0.140 e. The maximum atomic E-state index is 4.36. The molecule has 0 fully saturated rings. The molecule has 0 aliphatic carbocycles. The van der Waals surface area contributed by atoms with Crippen LogP contribution in [0.4, 0.5) is 0 Å². The van der Waals surface area contributed by atoms with E-state index in [2.05, 4.69) is 53.0 Å². The summed E-state index contributed by atoms with van der Waals surface area (Å²) in [6, 6.07) is 4.24. The molecule has 76 valence electrons. The minimum absolute atomic E-state index is 0.433. The number of fused-ring (bicyclic) bond motifs is 1. The average molecular weight is 216 g/mol. The van der Waals surface area contributed by atoms with Crippen molar-refractivity contribution < 1.29 is 0 Å². The summed E-state index contributed by atoms with van der Waals surface area (Å²) < 4.78 is 0. The lowest BCUT2D eigenvalue weighted by Crippen LogP contribution is -2.20. The molecule has 1 aromatic heterocycles. The summed E-state index contributed by atoms with van der Waals surface area (Å²) in [6.45, 7) is 4.31. The topological polar surface area (TPSA) is 25.8 Å². The van der Waals surface area contributed by atoms with Crippen LogP contribution in [-0.4, -0.2) is 17.8 Å². The van der Waals surface area contributed by atoms with Crippen LogP contribution in [0.25, 0.3) is 10.9 Å². The molecule has 4 heteroatoms. The largest absolute Gasteiger partial charge is 0.240 e. The molecule has 1 aromatic carbocycles. The summed E-state index contributed by atoms with van der Waals surface area (Å²) in [5, 5.41) is 2.35. The molecule has 0 bridgehead atoms. The van der Waals surface area contributed by atoms with Gasteiger partial charge in [0.1, 0.15) is 14.2 Å². The number of rotatable bonds is 1. The molecule has 0 amide bonds. The van der Waals surface area contributed by atoms with Gasteiger partial charge in [-0.15, -0.1) is 9.24 Å². The Bertz CT molecular complexity index is 511. The summed E-state index contributed by atoms with van der Waals surface area (Å²) in [5.41, 5.74) is 3.43. The molecule has 0 saturated heterocycles. The predicted molar refractivity (Wildman–Crippen MR) is 71.1 cm³/mol. The van der Waals surface area contributed by atoms with E-state index in [4.69, 9.17) is 0 Å². The third kappa shape index (κ3) is 1.77. The van der Waals surface area contributed by atoms with E-state index in [-0.39, 0.29) is 0 Å². The van der Waals surface area contributed by atoms with Gasteiger partial charge in [0, 0.05) is 5.39 Å². The van der Waals surface area contributed by atoms with Crippen molar-refractivity contribution in [2.75, 3.05) is 0 Å². The van der Waals surface area contributed by atoms with Gasteiger partial charge in [-0.1, -0.05) is 31.4 Å². The van der Waals surface area contributed by atoms with Gasteiger partial charge in [0.15, 0.2) is 0 Å². The van der Waals surface area contributed by atoms with E-state index in [9.17, 15) is 0 Å². The van der Waals surface area contributed by atoms with E-state index in [0.29, 0.717) is 5.92 Å². The van der Waals surface area contributed by atoms with Crippen molar-refractivity contribution in [2.24, 2.45) is 0 Å². The quantitative estimate of drug-likeness (QED) is 0.512. The maximum absolute atomic E-state index is 4.36. The average Bonchev–Trinajstić information content (AvgIpc) is 2.23. The van der Waals surface area contributed by atoms with E-state index in [1.165, 1.54) is 16.2 Å². The molecular formula is C11H14BN2P. The summed E-state index contributed by atoms with van der Waals surface area (Å²) in [6.07, 6.45) is 1.66. The molecule has 0 radical (unpaired) electrons. The van der Waals surface area contributed by atoms with Crippen LogP contribution in [0.1, 0.15) is 25.5 Å². The van der Waals surface area contributed by atoms with E-state index in [0.717, 1.165) is 11.2 Å². The highest BCUT2D eigenvalue weighted by molar-refractivity contribution is 7.29. The van der Waals surface area contributed by atoms with Crippen LogP contribution in [0, 0.1) is 0 Å². The summed E-state index contributed by atoms with van der Waals surface area (Å²) in [7, 11) is 4.86. The Balaban J connectivity index is 2.83. The minimum Gasteiger partial charge on any atom is -0.240 e. The van der Waals surface area contributed by atoms with Crippen LogP contribution >= 0.6 is 9.24 Å². The molecule has 0 spiro atoms. The van der Waals surface area contributed by atoms with Gasteiger partial charge in [-0.3, -0.25) is 0 Å². The van der Waals surface area contributed by atoms with E-state index in [1.54, 1.807) is 6.33 Å². The Morgan fingerprint density at radius 3 is 2.67 bits per heavy atom. The van der Waals surface area contributed by atoms with Crippen LogP contribution in [0.5, 0.6) is 0 Å². The van der Waals surface area contributed by atoms with Gasteiger partial charge in [0.25, 0.3) is 0 Å². The highest BCUT2D eigenvalue weighted by Gasteiger charge is 2.09. The van der Waals surface area contributed by atoms with Crippen LogP contribution in [0.2, 0.25) is 0 Å². The van der Waals surface area contributed by atoms with Crippen molar-refractivity contribution in [2.45, 2.75) is 19.8 Å². The first-order valence-electron chi connectivity index (χ1n) is 5.11. The van der Waals surface area contributed by atoms with E-state index < -0.39 is 0 Å². The van der Waals surface area contributed by atoms with Crippen molar-refractivity contribution in [1.82, 2.24) is 9.97 Å². The SMILES string of the molecule is Bc1ccc2c(C(C)C)ncnc2c1P. The zero-order chi connectivity index (χ0) is 11.0. The summed E-state index contributed by atoms with van der Waals surface area (Å²) in [5.74, 6) is 0.433. The molecule has 0 aliphatic rings. The van der Waals surface area contributed by atoms with Crippen LogP contribution in [0.3, 0.4) is 0 Å². The fourth-order valence-corrected chi connectivity index (χ4v) is 2.06. The van der Waals surface area contributed by atoms with Gasteiger partial charge in [-0.2, -0.15) is 0 Å². The van der Waals surface area contributed by atoms with Crippen LogP contribution in [-0.2, 0) is 0 Å². The van der Waals surface area contributed by atoms with Gasteiger partial charge in [-0.25, -0.2) is 9.97 Å². The highest BCUT2D eigenvalue weighted by Crippen LogP contribution is 2.20. The van der Waals surface area contributed by atoms with Crippen molar-refractivity contribution in [1.29, 1.82) is 0 Å². The van der Waals surface area contributed by atoms with Crippen molar-refractivity contribution in [3.63, 3.8) is 0 Å². The summed E-state index contributed by atoms with van der Waals surface area (Å²) in [4.78, 5) is 8.71. The summed E-state index contributed by atoms with van der Waals surface area (Å²) >= 11 is 0. The van der Waals surface area contributed by atoms with Crippen LogP contribution in [0.15, 0.2) is 18.5 Å². The number of benzene rings is 1. The zero-order valence-electron chi connectivity index (χ0n) is 9.28. The molecule has 1 heterocycles. The number of nitrogens with zero attached hydrogens (tertiary/aromatic N) is 2. The number of aromatic nitrogens is 2. The normalized spacial score (nSPS) is 11.2. The Kier molecular flexibility index (Phi) is 2.75. The van der Waals surface area contributed by atoms with Crippen molar-refractivity contribution in [3.8, 4) is 0 Å². The first-order valence-corrected chi connectivity index (χ1v) is 5.68. The molecule has 2 aromatic rings. The lowest BCUT2D eigenvalue weighted by Gasteiger charge is -2.10. The van der Waals surface area contributed by atoms with Gasteiger partial charge in [0.05, 0.1) is 11.2 Å². The number of hydrogen-bond donors (Lipinski definition) is 0. The smallest absolute Gasteiger partial charge is 0.140 e. The second-order valence-electron chi connectivity index (χ2n) is 4.11. The monoisotopic (exact) mass is 216 g/mol. The fourth-order valence-electron chi connectivity index (χ4n) is 1.73. The lowest BCUT2D eigenvalue weighted by molar-refractivity contribution is 0.829. The molecule has 0 saturated carbocycles. The molecule has 1 atom stereocenters. The fraction of sp³-hybridized carbons (Fsp3) is 0.273. The van der Waals surface area contributed by atoms with Gasteiger partial charge < -0.3 is 0 Å². The van der Waals surface area contributed by atoms with Crippen LogP contribution < -0.4 is 10.8 Å². The second kappa shape index (κ2) is 3.90. The first kappa shape index (κ1) is 10.6. The molecular weight excluding hydrogens is 202 g/mol. The second-order valence-corrected chi connectivity index (χ2v) is 4.68. The Hall–Kier alpha value is -0.945. The van der Waals surface area contributed by atoms with E-state index in [1.807, 2.05) is 0 Å². The third-order valence-electron chi connectivity index (χ3n) is 2.64. The lowest BCUT2D eigenvalue weighted by atomic mass is 9.93. The molecule has 0 aliphatic heterocycles. The standard InChI is InChI=1S/C11H14BN2P/c1-6(2)9-7-3-4-8(12)11(15)10(7)14-5-13-9/h3-6H,12,15H2,1-2H3. The first-order chi connectivity index (χ1) is 7.11. The van der Waals surface area contributed by atoms with Crippen molar-refractivity contribution in [3.05, 3.63) is 24.2 Å². The molecule has 2 rings (SSSR count). The van der Waals surface area contributed by atoms with Gasteiger partial charge in [-0.05, 0) is 11.2 Å². The highest BCUT2D eigenvalue weighted by atomic mass is 31.0. The molecule has 1 unspecified atom stereocenters. The molecule has 0 N–H and O–H groups in total. The van der Waals surface area contributed by atoms with Gasteiger partial charge >= 0.3 is 0 Å². The zero-order valence-corrected chi connectivity index (χ0v) is 10.4. The van der Waals surface area contributed by atoms with Gasteiger partial charge in [0.2, 0.25) is 0 Å². The number of hydrogen-bond acceptors (Lipinski definition) is 2. The molecule has 2 nitrogen and oxygen atoms in total. The minimum atomic E-state index is 0.433. The Morgan fingerprint density at radius 1 is 1.27 bits per heavy atom. The molecule has 15 heavy (non-hydrogen) atoms. The predicted octanol–water partition coefficient (Wildman–Crippen LogP) is 0.512.